The van der Waals surface area contributed by atoms with E-state index in [2.05, 4.69) is 60.7 Å². The second-order valence-electron chi connectivity index (χ2n) is 6.51. The molecule has 0 spiro atoms. The van der Waals surface area contributed by atoms with Gasteiger partial charge in [-0.25, -0.2) is 0 Å². The largest absolute Gasteiger partial charge is 0.378 e. The van der Waals surface area contributed by atoms with Gasteiger partial charge in [-0.1, -0.05) is 91.0 Å². The first-order valence-electron chi connectivity index (χ1n) is 8.36. The molecule has 3 aromatic carbocycles. The van der Waals surface area contributed by atoms with E-state index in [1.165, 1.54) is 16.7 Å². The Kier molecular flexibility index (Phi) is 3.72. The third-order valence-electron chi connectivity index (χ3n) is 5.30. The molecule has 1 fully saturated rings. The highest BCUT2D eigenvalue weighted by molar-refractivity contribution is 5.56. The minimum Gasteiger partial charge on any atom is -0.378 e. The Balaban J connectivity index is 1.93. The van der Waals surface area contributed by atoms with Crippen molar-refractivity contribution in [1.82, 2.24) is 0 Å². The van der Waals surface area contributed by atoms with Crippen LogP contribution in [0.3, 0.4) is 0 Å². The fourth-order valence-corrected chi connectivity index (χ4v) is 4.35. The van der Waals surface area contributed by atoms with Crippen LogP contribution in [0.2, 0.25) is 0 Å². The highest BCUT2D eigenvalue weighted by atomic mass is 16.3. The van der Waals surface area contributed by atoms with Crippen LogP contribution in [-0.4, -0.2) is 11.3 Å². The maximum Gasteiger partial charge on any atom is 0.107 e. The van der Waals surface area contributed by atoms with Crippen molar-refractivity contribution in [2.24, 2.45) is 11.7 Å². The van der Waals surface area contributed by atoms with Crippen LogP contribution in [-0.2, 0) is 5.41 Å². The quantitative estimate of drug-likeness (QED) is 0.722. The maximum atomic E-state index is 10.4. The van der Waals surface area contributed by atoms with E-state index in [0.29, 0.717) is 0 Å². The predicted molar refractivity (Wildman–Crippen MR) is 96.5 cm³/mol. The fourth-order valence-electron chi connectivity index (χ4n) is 4.35. The summed E-state index contributed by atoms with van der Waals surface area (Å²) in [5, 5.41) is 10.4. The Morgan fingerprint density at radius 3 is 1.54 bits per heavy atom. The summed E-state index contributed by atoms with van der Waals surface area (Å²) < 4.78 is 0. The molecule has 3 atom stereocenters. The van der Waals surface area contributed by atoms with E-state index < -0.39 is 6.23 Å². The summed E-state index contributed by atoms with van der Waals surface area (Å²) >= 11 is 0. The summed E-state index contributed by atoms with van der Waals surface area (Å²) in [6, 6.07) is 31.2. The molecule has 0 aromatic heterocycles. The monoisotopic (exact) mass is 315 g/mol. The maximum absolute atomic E-state index is 10.4. The van der Waals surface area contributed by atoms with Gasteiger partial charge in [-0.05, 0) is 16.7 Å². The molecule has 0 saturated heterocycles. The molecule has 1 aliphatic rings. The van der Waals surface area contributed by atoms with Crippen molar-refractivity contribution >= 4 is 0 Å². The molecule has 2 nitrogen and oxygen atoms in total. The van der Waals surface area contributed by atoms with Gasteiger partial charge in [0.15, 0.2) is 0 Å². The summed E-state index contributed by atoms with van der Waals surface area (Å²) in [5.74, 6) is 0.133. The molecule has 0 aliphatic heterocycles. The number of hydrogen-bond acceptors (Lipinski definition) is 2. The summed E-state index contributed by atoms with van der Waals surface area (Å²) in [4.78, 5) is 0. The number of benzene rings is 3. The second-order valence-corrected chi connectivity index (χ2v) is 6.51. The number of nitrogens with two attached hydrogens (primary N) is 1. The van der Waals surface area contributed by atoms with Crippen molar-refractivity contribution in [3.63, 3.8) is 0 Å². The smallest absolute Gasteiger partial charge is 0.107 e. The lowest BCUT2D eigenvalue weighted by Crippen LogP contribution is -2.27. The van der Waals surface area contributed by atoms with Crippen molar-refractivity contribution in [2.75, 3.05) is 0 Å². The molecule has 3 aromatic rings. The lowest BCUT2D eigenvalue weighted by molar-refractivity contribution is 0.149. The zero-order valence-corrected chi connectivity index (χ0v) is 13.4. The van der Waals surface area contributed by atoms with Gasteiger partial charge in [0.05, 0.1) is 0 Å². The molecular formula is C22H21NO. The molecular weight excluding hydrogens is 294 g/mol. The van der Waals surface area contributed by atoms with E-state index >= 15 is 0 Å². The van der Waals surface area contributed by atoms with Crippen LogP contribution >= 0.6 is 0 Å². The SMILES string of the molecule is NC(O)C1C(c2ccccc2)C1(c1ccccc1)c1ccccc1. The Hall–Kier alpha value is -2.42. The first kappa shape index (κ1) is 15.1. The van der Waals surface area contributed by atoms with E-state index in [0.717, 1.165) is 0 Å². The highest BCUT2D eigenvalue weighted by Gasteiger charge is 2.68. The summed E-state index contributed by atoms with van der Waals surface area (Å²) in [5.41, 5.74) is 9.39. The van der Waals surface area contributed by atoms with E-state index in [4.69, 9.17) is 5.73 Å². The van der Waals surface area contributed by atoms with Crippen LogP contribution in [0, 0.1) is 5.92 Å². The lowest BCUT2D eigenvalue weighted by Gasteiger charge is -2.21. The number of aliphatic hydroxyl groups is 1. The van der Waals surface area contributed by atoms with Gasteiger partial charge in [0.1, 0.15) is 6.23 Å². The molecule has 0 heterocycles. The highest BCUT2D eigenvalue weighted by Crippen LogP contribution is 2.69. The molecule has 3 unspecified atom stereocenters. The van der Waals surface area contributed by atoms with Gasteiger partial charge < -0.3 is 10.8 Å². The van der Waals surface area contributed by atoms with Gasteiger partial charge in [-0.3, -0.25) is 0 Å². The van der Waals surface area contributed by atoms with Crippen LogP contribution in [0.1, 0.15) is 22.6 Å². The van der Waals surface area contributed by atoms with Crippen LogP contribution in [0.5, 0.6) is 0 Å². The van der Waals surface area contributed by atoms with Gasteiger partial charge in [0.2, 0.25) is 0 Å². The zero-order chi connectivity index (χ0) is 16.6. The van der Waals surface area contributed by atoms with Gasteiger partial charge in [-0.2, -0.15) is 0 Å². The Morgan fingerprint density at radius 1 is 0.708 bits per heavy atom. The Bertz CT molecular complexity index is 760. The van der Waals surface area contributed by atoms with Crippen LogP contribution < -0.4 is 5.73 Å². The first-order valence-corrected chi connectivity index (χ1v) is 8.36. The van der Waals surface area contributed by atoms with Crippen LogP contribution in [0.25, 0.3) is 0 Å². The average Bonchev–Trinajstić information content (AvgIpc) is 3.36. The normalized spacial score (nSPS) is 22.8. The standard InChI is InChI=1S/C22H21NO/c23-21(24)20-19(16-10-4-1-5-11-16)22(20,17-12-6-2-7-13-17)18-14-8-3-9-15-18/h1-15,19-21,24H,23H2. The van der Waals surface area contributed by atoms with E-state index in [1.54, 1.807) is 0 Å². The Morgan fingerprint density at radius 2 is 1.12 bits per heavy atom. The number of hydrogen-bond donors (Lipinski definition) is 2. The van der Waals surface area contributed by atoms with Crippen molar-refractivity contribution < 1.29 is 5.11 Å². The number of aliphatic hydroxyl groups excluding tert-OH is 1. The zero-order valence-electron chi connectivity index (χ0n) is 13.4. The van der Waals surface area contributed by atoms with Gasteiger partial charge in [0.25, 0.3) is 0 Å². The molecule has 2 heteroatoms. The lowest BCUT2D eigenvalue weighted by atomic mass is 9.83. The van der Waals surface area contributed by atoms with Crippen LogP contribution in [0.4, 0.5) is 0 Å². The Labute approximate surface area is 142 Å². The van der Waals surface area contributed by atoms with Crippen molar-refractivity contribution in [3.8, 4) is 0 Å². The van der Waals surface area contributed by atoms with Crippen LogP contribution in [0.15, 0.2) is 91.0 Å². The van der Waals surface area contributed by atoms with Gasteiger partial charge >= 0.3 is 0 Å². The molecule has 3 N–H and O–H groups in total. The molecule has 1 aliphatic carbocycles. The molecule has 24 heavy (non-hydrogen) atoms. The minimum absolute atomic E-state index is 0.0373. The fraction of sp³-hybridized carbons (Fsp3) is 0.182. The van der Waals surface area contributed by atoms with E-state index in [1.807, 2.05) is 30.3 Å². The summed E-state index contributed by atoms with van der Waals surface area (Å²) in [6.07, 6.45) is -0.865. The first-order chi connectivity index (χ1) is 11.8. The molecule has 120 valence electrons. The second kappa shape index (κ2) is 5.90. The van der Waals surface area contributed by atoms with Gasteiger partial charge in [0, 0.05) is 17.3 Å². The summed E-state index contributed by atoms with van der Waals surface area (Å²) in [7, 11) is 0. The topological polar surface area (TPSA) is 46.2 Å². The van der Waals surface area contributed by atoms with E-state index in [9.17, 15) is 5.11 Å². The average molecular weight is 315 g/mol. The minimum atomic E-state index is -0.865. The molecule has 4 rings (SSSR count). The molecule has 0 radical (unpaired) electrons. The third-order valence-corrected chi connectivity index (χ3v) is 5.30. The van der Waals surface area contributed by atoms with Gasteiger partial charge in [-0.15, -0.1) is 0 Å². The third kappa shape index (κ3) is 2.19. The number of rotatable bonds is 4. The van der Waals surface area contributed by atoms with E-state index in [-0.39, 0.29) is 17.3 Å². The van der Waals surface area contributed by atoms with Crippen molar-refractivity contribution in [2.45, 2.75) is 17.6 Å². The molecule has 1 saturated carbocycles. The molecule has 0 amide bonds. The predicted octanol–water partition coefficient (Wildman–Crippen LogP) is 3.66. The van der Waals surface area contributed by atoms with Crippen molar-refractivity contribution in [3.05, 3.63) is 108 Å². The molecule has 0 bridgehead atoms. The van der Waals surface area contributed by atoms with Crippen molar-refractivity contribution in [1.29, 1.82) is 0 Å². The summed E-state index contributed by atoms with van der Waals surface area (Å²) in [6.45, 7) is 0.